The van der Waals surface area contributed by atoms with Crippen LogP contribution in [0.3, 0.4) is 0 Å². The van der Waals surface area contributed by atoms with Crippen LogP contribution in [-0.2, 0) is 4.79 Å². The number of nitrogens with one attached hydrogen (secondary N) is 3. The monoisotopic (exact) mass is 476 g/mol. The molecule has 1 saturated carbocycles. The fourth-order valence-corrected chi connectivity index (χ4v) is 4.71. The molecule has 3 N–H and O–H groups in total. The van der Waals surface area contributed by atoms with Crippen LogP contribution in [0.25, 0.3) is 22.3 Å². The van der Waals surface area contributed by atoms with Gasteiger partial charge in [-0.2, -0.15) is 0 Å². The summed E-state index contributed by atoms with van der Waals surface area (Å²) in [6.07, 6.45) is 4.03. The van der Waals surface area contributed by atoms with Crippen LogP contribution >= 0.6 is 11.8 Å². The number of nitrogens with zero attached hydrogens (tertiary/aromatic N) is 3. The maximum Gasteiger partial charge on any atom is 0.325 e. The molecule has 0 saturated heterocycles. The van der Waals surface area contributed by atoms with E-state index in [9.17, 15) is 9.59 Å². The Morgan fingerprint density at radius 1 is 1.12 bits per heavy atom. The lowest BCUT2D eigenvalue weighted by Crippen LogP contribution is -2.35. The van der Waals surface area contributed by atoms with Crippen LogP contribution in [0.15, 0.2) is 53.8 Å². The van der Waals surface area contributed by atoms with Crippen molar-refractivity contribution in [3.63, 3.8) is 0 Å². The number of urea groups is 1. The van der Waals surface area contributed by atoms with Gasteiger partial charge in [-0.15, -0.1) is 10.2 Å². The molecule has 0 atom stereocenters. The molecular formula is C23H20N6O4S. The number of imide groups is 1. The van der Waals surface area contributed by atoms with Gasteiger partial charge in [0.1, 0.15) is 0 Å². The van der Waals surface area contributed by atoms with Crippen molar-refractivity contribution in [2.75, 3.05) is 17.9 Å². The standard InChI is InChI=1S/C23H20N6O4S/c30-20(26-22(31)25-13-5-8-18-19(9-13)33-12-32-18)11-34-23-28-27-21(29(23)14-6-7-14)16-10-24-17-4-2-1-3-15(16)17/h1-5,8-10,14,24H,6-7,11-12H2,(H2,25,26,30,31). The summed E-state index contributed by atoms with van der Waals surface area (Å²) in [5.41, 5.74) is 2.51. The van der Waals surface area contributed by atoms with E-state index in [4.69, 9.17) is 9.47 Å². The molecule has 2 aromatic carbocycles. The molecule has 0 unspecified atom stereocenters. The van der Waals surface area contributed by atoms with Crippen molar-refractivity contribution in [2.24, 2.45) is 0 Å². The number of carbonyl (C=O) groups excluding carboxylic acids is 2. The van der Waals surface area contributed by atoms with Crippen molar-refractivity contribution in [2.45, 2.75) is 24.0 Å². The largest absolute Gasteiger partial charge is 0.454 e. The van der Waals surface area contributed by atoms with E-state index < -0.39 is 11.9 Å². The van der Waals surface area contributed by atoms with E-state index in [0.717, 1.165) is 35.1 Å². The van der Waals surface area contributed by atoms with Crippen molar-refractivity contribution in [1.29, 1.82) is 0 Å². The highest BCUT2D eigenvalue weighted by Gasteiger charge is 2.31. The highest BCUT2D eigenvalue weighted by atomic mass is 32.2. The van der Waals surface area contributed by atoms with Gasteiger partial charge < -0.3 is 19.8 Å². The molecule has 6 rings (SSSR count). The Kier molecular flexibility index (Phi) is 5.10. The molecule has 1 aliphatic heterocycles. The second kappa shape index (κ2) is 8.41. The summed E-state index contributed by atoms with van der Waals surface area (Å²) in [5.74, 6) is 1.55. The van der Waals surface area contributed by atoms with Gasteiger partial charge in [0.05, 0.1) is 5.75 Å². The van der Waals surface area contributed by atoms with E-state index in [1.807, 2.05) is 30.5 Å². The van der Waals surface area contributed by atoms with E-state index in [1.165, 1.54) is 11.8 Å². The highest BCUT2D eigenvalue weighted by molar-refractivity contribution is 7.99. The number of H-pyrrole nitrogens is 1. The zero-order valence-corrected chi connectivity index (χ0v) is 18.7. The normalized spacial score (nSPS) is 14.4. The number of benzene rings is 2. The number of anilines is 1. The molecule has 34 heavy (non-hydrogen) atoms. The Balaban J connectivity index is 1.12. The topological polar surface area (TPSA) is 123 Å². The molecular weight excluding hydrogens is 456 g/mol. The number of carbonyl (C=O) groups is 2. The molecule has 3 amide bonds. The lowest BCUT2D eigenvalue weighted by Gasteiger charge is -2.09. The van der Waals surface area contributed by atoms with Gasteiger partial charge >= 0.3 is 6.03 Å². The minimum atomic E-state index is -0.618. The quantitative estimate of drug-likeness (QED) is 0.360. The first-order chi connectivity index (χ1) is 16.7. The molecule has 1 aliphatic carbocycles. The summed E-state index contributed by atoms with van der Waals surface area (Å²) >= 11 is 1.26. The maximum atomic E-state index is 12.4. The Morgan fingerprint density at radius 2 is 1.97 bits per heavy atom. The van der Waals surface area contributed by atoms with Gasteiger partial charge in [-0.05, 0) is 31.0 Å². The SMILES string of the molecule is O=C(CSc1nnc(-c2c[nH]c3ccccc23)n1C1CC1)NC(=O)Nc1ccc2c(c1)OCO2. The number of amides is 3. The van der Waals surface area contributed by atoms with Crippen molar-refractivity contribution >= 4 is 40.3 Å². The van der Waals surface area contributed by atoms with Gasteiger partial charge in [-0.1, -0.05) is 30.0 Å². The number of aromatic nitrogens is 4. The Labute approximate surface area is 198 Å². The summed E-state index contributed by atoms with van der Waals surface area (Å²) in [5, 5.41) is 15.5. The molecule has 4 aromatic rings. The molecule has 3 heterocycles. The molecule has 11 heteroatoms. The van der Waals surface area contributed by atoms with Crippen LogP contribution in [0.2, 0.25) is 0 Å². The van der Waals surface area contributed by atoms with Gasteiger partial charge in [-0.25, -0.2) is 4.79 Å². The van der Waals surface area contributed by atoms with Gasteiger partial charge in [0, 0.05) is 40.5 Å². The fourth-order valence-electron chi connectivity index (χ4n) is 3.91. The summed E-state index contributed by atoms with van der Waals surface area (Å²) in [7, 11) is 0. The maximum absolute atomic E-state index is 12.4. The van der Waals surface area contributed by atoms with E-state index in [2.05, 4.69) is 30.4 Å². The van der Waals surface area contributed by atoms with Crippen molar-refractivity contribution < 1.29 is 19.1 Å². The number of thioether (sulfide) groups is 1. The van der Waals surface area contributed by atoms with Gasteiger partial charge in [0.25, 0.3) is 0 Å². The first-order valence-corrected chi connectivity index (χ1v) is 11.8. The van der Waals surface area contributed by atoms with Crippen molar-refractivity contribution in [3.8, 4) is 22.9 Å². The number of rotatable bonds is 6. The van der Waals surface area contributed by atoms with Crippen molar-refractivity contribution in [3.05, 3.63) is 48.7 Å². The van der Waals surface area contributed by atoms with E-state index in [-0.39, 0.29) is 12.5 Å². The van der Waals surface area contributed by atoms with E-state index >= 15 is 0 Å². The molecule has 10 nitrogen and oxygen atoms in total. The number of fused-ring (bicyclic) bond motifs is 2. The third kappa shape index (κ3) is 3.94. The van der Waals surface area contributed by atoms with Gasteiger partial charge in [0.15, 0.2) is 22.5 Å². The Bertz CT molecular complexity index is 1410. The number of hydrogen-bond acceptors (Lipinski definition) is 7. The number of hydrogen-bond donors (Lipinski definition) is 3. The predicted molar refractivity (Wildman–Crippen MR) is 126 cm³/mol. The van der Waals surface area contributed by atoms with Gasteiger partial charge in [-0.3, -0.25) is 14.7 Å². The highest BCUT2D eigenvalue weighted by Crippen LogP contribution is 2.42. The number of para-hydroxylation sites is 1. The second-order valence-corrected chi connectivity index (χ2v) is 8.96. The van der Waals surface area contributed by atoms with Crippen LogP contribution in [0.4, 0.5) is 10.5 Å². The van der Waals surface area contributed by atoms with Crippen LogP contribution in [0, 0.1) is 0 Å². The summed E-state index contributed by atoms with van der Waals surface area (Å²) in [6, 6.07) is 12.8. The average Bonchev–Trinajstić information content (AvgIpc) is 3.23. The van der Waals surface area contributed by atoms with Crippen LogP contribution < -0.4 is 20.1 Å². The minimum Gasteiger partial charge on any atom is -0.454 e. The van der Waals surface area contributed by atoms with E-state index in [0.29, 0.717) is 28.4 Å². The lowest BCUT2D eigenvalue weighted by molar-refractivity contribution is -0.117. The number of ether oxygens (including phenoxy) is 2. The molecule has 0 spiro atoms. The first-order valence-electron chi connectivity index (χ1n) is 10.8. The zero-order chi connectivity index (χ0) is 23.1. The van der Waals surface area contributed by atoms with Crippen LogP contribution in [0.1, 0.15) is 18.9 Å². The third-order valence-corrected chi connectivity index (χ3v) is 6.57. The minimum absolute atomic E-state index is 0.0350. The van der Waals surface area contributed by atoms with E-state index in [1.54, 1.807) is 18.2 Å². The number of aromatic amines is 1. The molecule has 2 aliphatic rings. The summed E-state index contributed by atoms with van der Waals surface area (Å²) in [6.45, 7) is 0.147. The third-order valence-electron chi connectivity index (χ3n) is 5.62. The summed E-state index contributed by atoms with van der Waals surface area (Å²) < 4.78 is 12.6. The molecule has 0 bridgehead atoms. The summed E-state index contributed by atoms with van der Waals surface area (Å²) in [4.78, 5) is 27.9. The predicted octanol–water partition coefficient (Wildman–Crippen LogP) is 3.93. The molecule has 172 valence electrons. The van der Waals surface area contributed by atoms with Crippen molar-refractivity contribution in [1.82, 2.24) is 25.1 Å². The fraction of sp³-hybridized carbons (Fsp3) is 0.217. The second-order valence-electron chi connectivity index (χ2n) is 8.01. The van der Waals surface area contributed by atoms with Crippen LogP contribution in [-0.4, -0.2) is 44.2 Å². The molecule has 0 radical (unpaired) electrons. The first kappa shape index (κ1) is 20.6. The molecule has 1 fully saturated rings. The lowest BCUT2D eigenvalue weighted by atomic mass is 10.1. The molecule has 2 aromatic heterocycles. The average molecular weight is 477 g/mol. The zero-order valence-electron chi connectivity index (χ0n) is 17.9. The van der Waals surface area contributed by atoms with Gasteiger partial charge in [0.2, 0.25) is 12.7 Å². The van der Waals surface area contributed by atoms with Crippen LogP contribution in [0.5, 0.6) is 11.5 Å². The Hall–Kier alpha value is -3.99. The Morgan fingerprint density at radius 3 is 2.85 bits per heavy atom. The smallest absolute Gasteiger partial charge is 0.325 e.